The second-order valence-electron chi connectivity index (χ2n) is 6.99. The minimum Gasteiger partial charge on any atom is -0.508 e. The second kappa shape index (κ2) is 10.7. The number of rotatable bonds is 10. The van der Waals surface area contributed by atoms with Crippen LogP contribution in [0, 0.1) is 0 Å². The molecule has 30 heavy (non-hydrogen) atoms. The predicted molar refractivity (Wildman–Crippen MR) is 111 cm³/mol. The van der Waals surface area contributed by atoms with Crippen molar-refractivity contribution in [1.82, 2.24) is 10.6 Å². The molecule has 162 valence electrons. The summed E-state index contributed by atoms with van der Waals surface area (Å²) >= 11 is 0. The first-order valence-corrected chi connectivity index (χ1v) is 9.79. The highest BCUT2D eigenvalue weighted by Crippen LogP contribution is 2.31. The third-order valence-corrected chi connectivity index (χ3v) is 4.51. The lowest BCUT2D eigenvalue weighted by molar-refractivity contribution is 0.106. The molecule has 2 amide bonds. The van der Waals surface area contributed by atoms with Gasteiger partial charge in [-0.05, 0) is 42.5 Å². The summed E-state index contributed by atoms with van der Waals surface area (Å²) in [4.78, 5) is 11.8. The molecule has 0 fully saturated rings. The fourth-order valence-corrected chi connectivity index (χ4v) is 2.99. The fraction of sp³-hybridized carbons (Fsp3) is 0.381. The number of carbonyl (C=O) groups excluding carboxylic acids is 1. The molecular formula is C21H27N3O6. The maximum Gasteiger partial charge on any atom is 0.319 e. The van der Waals surface area contributed by atoms with Gasteiger partial charge in [-0.1, -0.05) is 0 Å². The van der Waals surface area contributed by atoms with Crippen molar-refractivity contribution in [1.29, 1.82) is 0 Å². The van der Waals surface area contributed by atoms with E-state index < -0.39 is 6.10 Å². The number of aromatic hydroxyl groups is 1. The molecule has 0 aliphatic carbocycles. The SMILES string of the molecule is O=C(NCCNCC(O)COc1ccc2c(c1)CC(CO)O2)Nc1ccc(O)cc1. The van der Waals surface area contributed by atoms with Crippen molar-refractivity contribution in [3.63, 3.8) is 0 Å². The van der Waals surface area contributed by atoms with E-state index in [1.54, 1.807) is 24.3 Å². The molecule has 3 rings (SSSR count). The largest absolute Gasteiger partial charge is 0.508 e. The van der Waals surface area contributed by atoms with Gasteiger partial charge in [0.1, 0.15) is 36.1 Å². The Morgan fingerprint density at radius 3 is 2.77 bits per heavy atom. The summed E-state index contributed by atoms with van der Waals surface area (Å²) in [6, 6.07) is 11.3. The molecule has 0 spiro atoms. The van der Waals surface area contributed by atoms with Gasteiger partial charge in [-0.15, -0.1) is 0 Å². The van der Waals surface area contributed by atoms with Crippen LogP contribution in [0.4, 0.5) is 10.5 Å². The van der Waals surface area contributed by atoms with Gasteiger partial charge in [0.15, 0.2) is 0 Å². The molecule has 6 N–H and O–H groups in total. The smallest absolute Gasteiger partial charge is 0.319 e. The summed E-state index contributed by atoms with van der Waals surface area (Å²) in [6.45, 7) is 1.29. The maximum absolute atomic E-state index is 11.8. The van der Waals surface area contributed by atoms with Gasteiger partial charge < -0.3 is 40.7 Å². The second-order valence-corrected chi connectivity index (χ2v) is 6.99. The Labute approximate surface area is 174 Å². The van der Waals surface area contributed by atoms with Crippen LogP contribution in [0.2, 0.25) is 0 Å². The van der Waals surface area contributed by atoms with E-state index in [-0.39, 0.29) is 31.1 Å². The van der Waals surface area contributed by atoms with Crippen LogP contribution in [0.5, 0.6) is 17.2 Å². The van der Waals surface area contributed by atoms with Gasteiger partial charge in [0.25, 0.3) is 0 Å². The Morgan fingerprint density at radius 2 is 2.00 bits per heavy atom. The van der Waals surface area contributed by atoms with E-state index in [0.29, 0.717) is 37.5 Å². The van der Waals surface area contributed by atoms with Crippen molar-refractivity contribution in [2.45, 2.75) is 18.6 Å². The van der Waals surface area contributed by atoms with Crippen LogP contribution in [0.3, 0.4) is 0 Å². The van der Waals surface area contributed by atoms with Crippen LogP contribution in [-0.4, -0.2) is 66.4 Å². The first kappa shape index (κ1) is 21.7. The minimum atomic E-state index is -0.703. The van der Waals surface area contributed by atoms with E-state index in [2.05, 4.69) is 16.0 Å². The summed E-state index contributed by atoms with van der Waals surface area (Å²) in [5.74, 6) is 1.53. The van der Waals surface area contributed by atoms with Crippen LogP contribution >= 0.6 is 0 Å². The molecule has 1 heterocycles. The summed E-state index contributed by atoms with van der Waals surface area (Å²) < 4.78 is 11.2. The van der Waals surface area contributed by atoms with Crippen LogP contribution in [0.15, 0.2) is 42.5 Å². The van der Waals surface area contributed by atoms with Crippen molar-refractivity contribution >= 4 is 11.7 Å². The van der Waals surface area contributed by atoms with Crippen molar-refractivity contribution in [3.05, 3.63) is 48.0 Å². The molecule has 0 saturated heterocycles. The molecule has 0 radical (unpaired) electrons. The van der Waals surface area contributed by atoms with Gasteiger partial charge in [0.2, 0.25) is 0 Å². The first-order valence-electron chi connectivity index (χ1n) is 9.79. The van der Waals surface area contributed by atoms with Crippen molar-refractivity contribution in [2.75, 3.05) is 38.2 Å². The van der Waals surface area contributed by atoms with Crippen molar-refractivity contribution in [2.24, 2.45) is 0 Å². The minimum absolute atomic E-state index is 0.0252. The molecule has 1 aliphatic heterocycles. The number of phenolic OH excluding ortho intramolecular Hbond substituents is 1. The molecule has 2 atom stereocenters. The topological polar surface area (TPSA) is 132 Å². The van der Waals surface area contributed by atoms with Crippen molar-refractivity contribution in [3.8, 4) is 17.2 Å². The third-order valence-electron chi connectivity index (χ3n) is 4.51. The predicted octanol–water partition coefficient (Wildman–Crippen LogP) is 0.839. The molecule has 2 unspecified atom stereocenters. The number of carbonyl (C=O) groups is 1. The highest BCUT2D eigenvalue weighted by atomic mass is 16.5. The number of hydrogen-bond acceptors (Lipinski definition) is 7. The van der Waals surface area contributed by atoms with Gasteiger partial charge in [-0.2, -0.15) is 0 Å². The molecule has 0 bridgehead atoms. The van der Waals surface area contributed by atoms with E-state index in [4.69, 9.17) is 9.47 Å². The van der Waals surface area contributed by atoms with Crippen LogP contribution in [-0.2, 0) is 6.42 Å². The summed E-state index contributed by atoms with van der Waals surface area (Å²) in [5.41, 5.74) is 1.56. The summed E-state index contributed by atoms with van der Waals surface area (Å²) in [5, 5.41) is 36.8. The van der Waals surface area contributed by atoms with Gasteiger partial charge in [0.05, 0.1) is 6.61 Å². The Kier molecular flexibility index (Phi) is 7.72. The number of hydrogen-bond donors (Lipinski definition) is 6. The van der Waals surface area contributed by atoms with Gasteiger partial charge in [0, 0.05) is 37.3 Å². The molecule has 2 aromatic carbocycles. The summed E-state index contributed by atoms with van der Waals surface area (Å²) in [7, 11) is 0. The van der Waals surface area contributed by atoms with Gasteiger partial charge in [-0.3, -0.25) is 0 Å². The average Bonchev–Trinajstić information content (AvgIpc) is 3.16. The maximum atomic E-state index is 11.8. The van der Waals surface area contributed by atoms with E-state index in [1.807, 2.05) is 6.07 Å². The molecule has 9 heteroatoms. The van der Waals surface area contributed by atoms with Crippen molar-refractivity contribution < 1.29 is 29.6 Å². The highest BCUT2D eigenvalue weighted by molar-refractivity contribution is 5.89. The lowest BCUT2D eigenvalue weighted by Crippen LogP contribution is -2.38. The van der Waals surface area contributed by atoms with Gasteiger partial charge in [-0.25, -0.2) is 4.79 Å². The summed E-state index contributed by atoms with van der Waals surface area (Å²) in [6.07, 6.45) is -0.271. The molecule has 0 aromatic heterocycles. The number of amides is 2. The Morgan fingerprint density at radius 1 is 1.20 bits per heavy atom. The zero-order valence-corrected chi connectivity index (χ0v) is 16.5. The van der Waals surface area contributed by atoms with Crippen LogP contribution in [0.1, 0.15) is 5.56 Å². The molecule has 0 saturated carbocycles. The molecule has 2 aromatic rings. The van der Waals surface area contributed by atoms with E-state index in [0.717, 1.165) is 11.3 Å². The van der Waals surface area contributed by atoms with E-state index in [1.165, 1.54) is 12.1 Å². The number of phenols is 1. The Hall–Kier alpha value is -3.01. The number of aliphatic hydroxyl groups is 2. The number of urea groups is 1. The normalized spacial score (nSPS) is 15.7. The number of fused-ring (bicyclic) bond motifs is 1. The number of ether oxygens (including phenoxy) is 2. The average molecular weight is 417 g/mol. The molecular weight excluding hydrogens is 390 g/mol. The first-order chi connectivity index (χ1) is 14.5. The van der Waals surface area contributed by atoms with E-state index >= 15 is 0 Å². The lowest BCUT2D eigenvalue weighted by atomic mass is 10.1. The molecule has 9 nitrogen and oxygen atoms in total. The standard InChI is InChI=1S/C21H27N3O6/c25-12-19-10-14-9-18(5-6-20(14)30-19)29-13-17(27)11-22-7-8-23-21(28)24-15-1-3-16(26)4-2-15/h1-6,9,17,19,22,25-27H,7-8,10-13H2,(H2,23,24,28). The van der Waals surface area contributed by atoms with Gasteiger partial charge >= 0.3 is 6.03 Å². The zero-order valence-electron chi connectivity index (χ0n) is 16.5. The zero-order chi connectivity index (χ0) is 21.3. The lowest BCUT2D eigenvalue weighted by Gasteiger charge is -2.14. The highest BCUT2D eigenvalue weighted by Gasteiger charge is 2.22. The monoisotopic (exact) mass is 417 g/mol. The van der Waals surface area contributed by atoms with Crippen LogP contribution in [0.25, 0.3) is 0 Å². The Bertz CT molecular complexity index is 830. The third kappa shape index (κ3) is 6.51. The number of nitrogens with one attached hydrogen (secondary N) is 3. The molecule has 1 aliphatic rings. The Balaban J connectivity index is 1.27. The number of benzene rings is 2. The number of anilines is 1. The van der Waals surface area contributed by atoms with E-state index in [9.17, 15) is 20.1 Å². The quantitative estimate of drug-likeness (QED) is 0.249. The fourth-order valence-electron chi connectivity index (χ4n) is 2.99. The number of aliphatic hydroxyl groups excluding tert-OH is 2. The van der Waals surface area contributed by atoms with Crippen LogP contribution < -0.4 is 25.4 Å².